The van der Waals surface area contributed by atoms with Crippen molar-refractivity contribution in [1.82, 2.24) is 0 Å². The van der Waals surface area contributed by atoms with Crippen LogP contribution in [0, 0.1) is 0 Å². The van der Waals surface area contributed by atoms with Crippen LogP contribution in [0.25, 0.3) is 33.4 Å². The first-order valence-electron chi connectivity index (χ1n) is 20.9. The maximum atomic E-state index is 11.7. The van der Waals surface area contributed by atoms with Gasteiger partial charge in [-0.1, -0.05) is 36.4 Å². The first-order chi connectivity index (χ1) is 33.1. The molecule has 1 aliphatic rings. The maximum absolute atomic E-state index is 11.7. The summed E-state index contributed by atoms with van der Waals surface area (Å²) in [5.41, 5.74) is 6.40. The molecule has 0 saturated carbocycles. The van der Waals surface area contributed by atoms with Gasteiger partial charge in [0.25, 0.3) is 0 Å². The van der Waals surface area contributed by atoms with E-state index < -0.39 is 75.5 Å². The van der Waals surface area contributed by atoms with Crippen LogP contribution in [0.5, 0.6) is 34.5 Å². The third kappa shape index (κ3) is 12.6. The summed E-state index contributed by atoms with van der Waals surface area (Å²) in [6, 6.07) is 30.3. The second-order valence-corrected chi connectivity index (χ2v) is 15.6. The zero-order chi connectivity index (χ0) is 49.2. The van der Waals surface area contributed by atoms with Gasteiger partial charge in [-0.05, 0) is 140 Å². The fraction of sp³-hybridized carbons (Fsp3) is 0.176. The van der Waals surface area contributed by atoms with E-state index in [1.54, 1.807) is 109 Å². The molecule has 6 N–H and O–H groups in total. The fourth-order valence-corrected chi connectivity index (χ4v) is 7.68. The van der Waals surface area contributed by atoms with Gasteiger partial charge in [0.15, 0.2) is 39.6 Å². The predicted molar refractivity (Wildman–Crippen MR) is 243 cm³/mol. The highest BCUT2D eigenvalue weighted by atomic mass is 16.5. The van der Waals surface area contributed by atoms with Crippen LogP contribution < -0.4 is 28.4 Å². The van der Waals surface area contributed by atoms with Gasteiger partial charge in [0.1, 0.15) is 34.5 Å². The summed E-state index contributed by atoms with van der Waals surface area (Å²) in [7, 11) is 0. The van der Waals surface area contributed by atoms with E-state index in [1.165, 1.54) is 0 Å². The van der Waals surface area contributed by atoms with E-state index in [1.807, 2.05) is 0 Å². The summed E-state index contributed by atoms with van der Waals surface area (Å²) in [6.07, 6.45) is 0.0388. The molecule has 6 aromatic rings. The van der Waals surface area contributed by atoms with Crippen LogP contribution in [-0.4, -0.2) is 106 Å². The lowest BCUT2D eigenvalue weighted by Crippen LogP contribution is -2.12. The Morgan fingerprint density at radius 2 is 0.420 bits per heavy atom. The summed E-state index contributed by atoms with van der Waals surface area (Å²) in [6.45, 7) is -4.14. The Morgan fingerprint density at radius 3 is 0.551 bits per heavy atom. The monoisotopic (exact) mass is 942 g/mol. The minimum atomic E-state index is -1.24. The molecule has 18 heteroatoms. The van der Waals surface area contributed by atoms with Gasteiger partial charge in [-0.25, -0.2) is 28.8 Å². The smallest absolute Gasteiger partial charge is 0.341 e. The summed E-state index contributed by atoms with van der Waals surface area (Å²) in [4.78, 5) is 70.3. The highest BCUT2D eigenvalue weighted by Crippen LogP contribution is 2.39. The van der Waals surface area contributed by atoms with E-state index in [0.717, 1.165) is 0 Å². The standard InChI is InChI=1S/C51H42O18/c52-46(53)22-64-40-7-1-28-13-34(40)19-36-15-30(3-9-42(36)66-24-48(56)57)32-5-11-44(68-26-50(60)61)38(17-32)21-39-18-33(6-12-45(39)69-27-51(62)63)31-4-10-43(67-25-49(58)59)37(16-31)20-35-14-29(28)2-8-41(35)65-23-47(54)55/h1-18H,19-27H2,(H,52,53)(H,54,55)(H,56,57)(H,58,59)(H,60,61)(H,62,63). The van der Waals surface area contributed by atoms with Crippen molar-refractivity contribution in [3.05, 3.63) is 143 Å². The van der Waals surface area contributed by atoms with Crippen LogP contribution in [-0.2, 0) is 48.0 Å². The lowest BCUT2D eigenvalue weighted by atomic mass is 9.93. The Hall–Kier alpha value is -9.06. The molecule has 0 atom stereocenters. The molecule has 0 unspecified atom stereocenters. The highest BCUT2D eigenvalue weighted by Gasteiger charge is 2.21. The second-order valence-electron chi connectivity index (χ2n) is 15.6. The molecule has 0 heterocycles. The predicted octanol–water partition coefficient (Wildman–Crippen LogP) is 6.55. The largest absolute Gasteiger partial charge is 0.482 e. The summed E-state index contributed by atoms with van der Waals surface area (Å²) >= 11 is 0. The topological polar surface area (TPSA) is 279 Å². The Kier molecular flexibility index (Phi) is 14.9. The third-order valence-corrected chi connectivity index (χ3v) is 10.6. The SMILES string of the molecule is O=C(O)COc1ccc2cc1Cc1cc(ccc1OCC(=O)O)-c1ccc(OCC(=O)O)c(c1)Cc1cc(ccc1OCC(=O)O)-c1ccc(OCC(=O)O)c(c1)Cc1cc-2ccc1OCC(=O)O. The first kappa shape index (κ1) is 47.9. The van der Waals surface area contributed by atoms with Gasteiger partial charge < -0.3 is 59.1 Å². The van der Waals surface area contributed by atoms with Gasteiger partial charge >= 0.3 is 35.8 Å². The number of rotatable bonds is 18. The van der Waals surface area contributed by atoms with Gasteiger partial charge in [0.05, 0.1) is 0 Å². The number of ether oxygens (including phenoxy) is 6. The van der Waals surface area contributed by atoms with Crippen molar-refractivity contribution >= 4 is 35.8 Å². The fourth-order valence-electron chi connectivity index (χ4n) is 7.68. The van der Waals surface area contributed by atoms with Crippen molar-refractivity contribution in [2.75, 3.05) is 39.6 Å². The van der Waals surface area contributed by atoms with Crippen LogP contribution in [0.15, 0.2) is 109 Å². The number of hydrogen-bond acceptors (Lipinski definition) is 12. The van der Waals surface area contributed by atoms with Crippen LogP contribution >= 0.6 is 0 Å². The van der Waals surface area contributed by atoms with E-state index in [2.05, 4.69) is 0 Å². The molecule has 69 heavy (non-hydrogen) atoms. The van der Waals surface area contributed by atoms with Gasteiger partial charge in [0, 0.05) is 19.3 Å². The van der Waals surface area contributed by atoms with Crippen molar-refractivity contribution in [3.8, 4) is 67.9 Å². The van der Waals surface area contributed by atoms with Gasteiger partial charge in [-0.2, -0.15) is 0 Å². The lowest BCUT2D eigenvalue weighted by Gasteiger charge is -2.18. The number of aliphatic carboxylic acids is 6. The van der Waals surface area contributed by atoms with Crippen molar-refractivity contribution in [1.29, 1.82) is 0 Å². The van der Waals surface area contributed by atoms with E-state index in [4.69, 9.17) is 28.4 Å². The zero-order valence-corrected chi connectivity index (χ0v) is 36.3. The molecule has 0 spiro atoms. The molecule has 6 aromatic carbocycles. The van der Waals surface area contributed by atoms with Crippen molar-refractivity contribution in [3.63, 3.8) is 0 Å². The van der Waals surface area contributed by atoms with Crippen molar-refractivity contribution in [2.24, 2.45) is 0 Å². The van der Waals surface area contributed by atoms with Crippen LogP contribution in [0.2, 0.25) is 0 Å². The second kappa shape index (κ2) is 21.5. The molecule has 1 aliphatic carbocycles. The molecular weight excluding hydrogens is 901 g/mol. The number of hydrogen-bond donors (Lipinski definition) is 6. The molecule has 0 saturated heterocycles. The van der Waals surface area contributed by atoms with Crippen LogP contribution in [0.3, 0.4) is 0 Å². The molecule has 0 radical (unpaired) electrons. The van der Waals surface area contributed by atoms with E-state index >= 15 is 0 Å². The average molecular weight is 943 g/mol. The average Bonchev–Trinajstić information content (AvgIpc) is 3.31. The summed E-state index contributed by atoms with van der Waals surface area (Å²) < 4.78 is 34.5. The van der Waals surface area contributed by atoms with Crippen LogP contribution in [0.4, 0.5) is 0 Å². The summed E-state index contributed by atoms with van der Waals surface area (Å²) in [5.74, 6) is -6.28. The Labute approximate surface area is 392 Å². The van der Waals surface area contributed by atoms with E-state index in [0.29, 0.717) is 66.8 Å². The number of carboxylic acids is 6. The summed E-state index contributed by atoms with van der Waals surface area (Å²) in [5, 5.41) is 57.4. The number of carbonyl (C=O) groups is 6. The van der Waals surface area contributed by atoms with Crippen molar-refractivity contribution < 1.29 is 87.8 Å². The van der Waals surface area contributed by atoms with Gasteiger partial charge in [-0.15, -0.1) is 0 Å². The molecule has 354 valence electrons. The molecule has 12 bridgehead atoms. The Balaban J connectivity index is 1.50. The van der Waals surface area contributed by atoms with Gasteiger partial charge in [-0.3, -0.25) is 0 Å². The van der Waals surface area contributed by atoms with E-state index in [9.17, 15) is 59.4 Å². The first-order valence-corrected chi connectivity index (χ1v) is 20.9. The van der Waals surface area contributed by atoms with Crippen molar-refractivity contribution in [2.45, 2.75) is 19.3 Å². The molecule has 0 amide bonds. The number of carboxylic acid groups (broad SMARTS) is 6. The Bertz CT molecular complexity index is 2460. The molecular formula is C51H42O18. The third-order valence-electron chi connectivity index (χ3n) is 10.6. The molecule has 7 rings (SSSR count). The van der Waals surface area contributed by atoms with E-state index in [-0.39, 0.29) is 53.8 Å². The quantitative estimate of drug-likeness (QED) is 0.0532. The molecule has 18 nitrogen and oxygen atoms in total. The molecule has 0 fully saturated rings. The number of fused-ring (bicyclic) bond motifs is 15. The minimum Gasteiger partial charge on any atom is -0.482 e. The maximum Gasteiger partial charge on any atom is 0.341 e. The van der Waals surface area contributed by atoms with Gasteiger partial charge in [0.2, 0.25) is 0 Å². The minimum absolute atomic E-state index is 0.0129. The number of benzene rings is 6. The normalized spacial score (nSPS) is 11.5. The molecule has 0 aromatic heterocycles. The lowest BCUT2D eigenvalue weighted by molar-refractivity contribution is -0.140. The molecule has 0 aliphatic heterocycles. The highest BCUT2D eigenvalue weighted by molar-refractivity contribution is 5.76. The zero-order valence-electron chi connectivity index (χ0n) is 36.3. The Morgan fingerprint density at radius 1 is 0.275 bits per heavy atom. The van der Waals surface area contributed by atoms with Crippen LogP contribution in [0.1, 0.15) is 33.4 Å².